The summed E-state index contributed by atoms with van der Waals surface area (Å²) in [4.78, 5) is 23.8. The molecule has 0 saturated heterocycles. The van der Waals surface area contributed by atoms with E-state index in [2.05, 4.69) is 0 Å². The van der Waals surface area contributed by atoms with E-state index in [-0.39, 0.29) is 29.1 Å². The summed E-state index contributed by atoms with van der Waals surface area (Å²) in [6.45, 7) is 0.740. The molecule has 0 bridgehead atoms. The van der Waals surface area contributed by atoms with Crippen molar-refractivity contribution in [2.75, 3.05) is 13.7 Å². The molecule has 0 aliphatic heterocycles. The molecule has 7 heteroatoms. The SMILES string of the molecule is COc1cc(O)c2c(c1O)C(O)C(CC(C)=O)C(CO)C2=O. The lowest BCUT2D eigenvalue weighted by Gasteiger charge is -2.35. The Morgan fingerprint density at radius 3 is 2.50 bits per heavy atom. The average Bonchev–Trinajstić information content (AvgIpc) is 2.46. The van der Waals surface area contributed by atoms with Gasteiger partial charge >= 0.3 is 0 Å². The van der Waals surface area contributed by atoms with Crippen molar-refractivity contribution < 1.29 is 34.8 Å². The van der Waals surface area contributed by atoms with Crippen LogP contribution in [-0.4, -0.2) is 45.7 Å². The number of benzene rings is 1. The minimum absolute atomic E-state index is 0.0906. The van der Waals surface area contributed by atoms with E-state index in [1.165, 1.54) is 14.0 Å². The fourth-order valence-electron chi connectivity index (χ4n) is 2.97. The van der Waals surface area contributed by atoms with Gasteiger partial charge in [0.05, 0.1) is 31.3 Å². The van der Waals surface area contributed by atoms with Crippen LogP contribution in [0.3, 0.4) is 0 Å². The minimum atomic E-state index is -1.38. The zero-order valence-corrected chi connectivity index (χ0v) is 12.2. The average molecular weight is 310 g/mol. The van der Waals surface area contributed by atoms with Gasteiger partial charge in [0, 0.05) is 24.0 Å². The number of aliphatic hydroxyl groups excluding tert-OH is 2. The third-order valence-corrected chi connectivity index (χ3v) is 4.02. The predicted molar refractivity (Wildman–Crippen MR) is 75.0 cm³/mol. The van der Waals surface area contributed by atoms with Gasteiger partial charge in [0.15, 0.2) is 17.3 Å². The number of Topliss-reactive ketones (excluding diaryl/α,β-unsaturated/α-hetero) is 2. The lowest BCUT2D eigenvalue weighted by molar-refractivity contribution is -0.119. The number of carbonyl (C=O) groups is 2. The third kappa shape index (κ3) is 2.42. The summed E-state index contributed by atoms with van der Waals surface area (Å²) in [6, 6.07) is 1.07. The first-order valence-corrected chi connectivity index (χ1v) is 6.78. The molecule has 0 heterocycles. The Morgan fingerprint density at radius 2 is 2.00 bits per heavy atom. The number of carbonyl (C=O) groups excluding carboxylic acids is 2. The van der Waals surface area contributed by atoms with Crippen LogP contribution in [0.15, 0.2) is 6.07 Å². The largest absolute Gasteiger partial charge is 0.507 e. The summed E-state index contributed by atoms with van der Waals surface area (Å²) in [5.74, 6) is -3.78. The maximum atomic E-state index is 12.5. The summed E-state index contributed by atoms with van der Waals surface area (Å²) in [7, 11) is 1.27. The minimum Gasteiger partial charge on any atom is -0.507 e. The maximum Gasteiger partial charge on any atom is 0.172 e. The number of phenolic OH excluding ortho intramolecular Hbond substituents is 2. The second-order valence-electron chi connectivity index (χ2n) is 5.40. The molecule has 0 aromatic heterocycles. The first-order valence-electron chi connectivity index (χ1n) is 6.78. The number of ketones is 2. The molecule has 0 saturated carbocycles. The lowest BCUT2D eigenvalue weighted by Crippen LogP contribution is -2.38. The molecule has 4 N–H and O–H groups in total. The standard InChI is InChI=1S/C15H18O7/c1-6(17)3-7-8(5-16)14(20)11-9(18)4-10(22-2)15(21)12(11)13(7)19/h4,7-8,13,16,18-19,21H,3,5H2,1-2H3. The molecule has 7 nitrogen and oxygen atoms in total. The zero-order valence-electron chi connectivity index (χ0n) is 12.2. The number of hydrogen-bond acceptors (Lipinski definition) is 7. The molecule has 0 fully saturated rings. The van der Waals surface area contributed by atoms with Gasteiger partial charge in [0.25, 0.3) is 0 Å². The van der Waals surface area contributed by atoms with Gasteiger partial charge in [0.1, 0.15) is 11.5 Å². The fourth-order valence-corrected chi connectivity index (χ4v) is 2.97. The van der Waals surface area contributed by atoms with Crippen LogP contribution in [-0.2, 0) is 4.79 Å². The van der Waals surface area contributed by atoms with Gasteiger partial charge in [-0.15, -0.1) is 0 Å². The highest BCUT2D eigenvalue weighted by Gasteiger charge is 2.45. The van der Waals surface area contributed by atoms with Gasteiger partial charge in [-0.25, -0.2) is 0 Å². The summed E-state index contributed by atoms with van der Waals surface area (Å²) >= 11 is 0. The third-order valence-electron chi connectivity index (χ3n) is 4.02. The quantitative estimate of drug-likeness (QED) is 0.598. The van der Waals surface area contributed by atoms with Crippen molar-refractivity contribution in [1.82, 2.24) is 0 Å². The summed E-state index contributed by atoms with van der Waals surface area (Å²) in [5.41, 5.74) is -0.414. The molecule has 3 unspecified atom stereocenters. The Balaban J connectivity index is 2.67. The van der Waals surface area contributed by atoms with Crippen molar-refractivity contribution in [3.05, 3.63) is 17.2 Å². The normalized spacial score (nSPS) is 24.0. The molecule has 1 aliphatic carbocycles. The summed E-state index contributed by atoms with van der Waals surface area (Å²) in [5, 5.41) is 40.1. The molecule has 3 atom stereocenters. The van der Waals surface area contributed by atoms with Gasteiger partial charge in [-0.2, -0.15) is 0 Å². The molecule has 2 rings (SSSR count). The van der Waals surface area contributed by atoms with Crippen LogP contribution in [0.5, 0.6) is 17.2 Å². The molecule has 0 radical (unpaired) electrons. The Bertz CT molecular complexity index is 623. The van der Waals surface area contributed by atoms with Crippen LogP contribution in [0.1, 0.15) is 35.4 Å². The number of methoxy groups -OCH3 is 1. The van der Waals surface area contributed by atoms with Crippen molar-refractivity contribution in [3.8, 4) is 17.2 Å². The molecular formula is C15H18O7. The number of phenols is 2. The van der Waals surface area contributed by atoms with Crippen molar-refractivity contribution in [1.29, 1.82) is 0 Å². The van der Waals surface area contributed by atoms with E-state index in [0.717, 1.165) is 6.07 Å². The van der Waals surface area contributed by atoms with E-state index < -0.39 is 41.8 Å². The van der Waals surface area contributed by atoms with Gasteiger partial charge in [-0.3, -0.25) is 4.79 Å². The fraction of sp³-hybridized carbons (Fsp3) is 0.467. The number of rotatable bonds is 4. The number of aromatic hydroxyl groups is 2. The van der Waals surface area contributed by atoms with Crippen LogP contribution < -0.4 is 4.74 Å². The molecule has 1 aromatic rings. The summed E-state index contributed by atoms with van der Waals surface area (Å²) in [6.07, 6.45) is -1.51. The summed E-state index contributed by atoms with van der Waals surface area (Å²) < 4.78 is 4.90. The Labute approximate surface area is 126 Å². The molecule has 1 aromatic carbocycles. The Hall–Kier alpha value is -2.12. The van der Waals surface area contributed by atoms with Crippen molar-refractivity contribution >= 4 is 11.6 Å². The monoisotopic (exact) mass is 310 g/mol. The van der Waals surface area contributed by atoms with E-state index in [0.29, 0.717) is 0 Å². The molecule has 120 valence electrons. The van der Waals surface area contributed by atoms with E-state index in [1.54, 1.807) is 0 Å². The van der Waals surface area contributed by atoms with Crippen molar-refractivity contribution in [3.63, 3.8) is 0 Å². The highest BCUT2D eigenvalue weighted by molar-refractivity contribution is 6.04. The number of ether oxygens (including phenoxy) is 1. The first-order chi connectivity index (χ1) is 10.3. The Morgan fingerprint density at radius 1 is 1.36 bits per heavy atom. The van der Waals surface area contributed by atoms with Crippen LogP contribution in [0.4, 0.5) is 0 Å². The first kappa shape index (κ1) is 16.3. The number of aliphatic hydroxyl groups is 2. The van der Waals surface area contributed by atoms with Crippen LogP contribution >= 0.6 is 0 Å². The maximum absolute atomic E-state index is 12.5. The van der Waals surface area contributed by atoms with Gasteiger partial charge < -0.3 is 30.0 Å². The van der Waals surface area contributed by atoms with E-state index in [4.69, 9.17) is 4.74 Å². The van der Waals surface area contributed by atoms with Gasteiger partial charge in [0.2, 0.25) is 0 Å². The number of hydrogen-bond donors (Lipinski definition) is 4. The van der Waals surface area contributed by atoms with Crippen LogP contribution in [0, 0.1) is 11.8 Å². The van der Waals surface area contributed by atoms with Gasteiger partial charge in [-0.05, 0) is 6.92 Å². The predicted octanol–water partition coefficient (Wildman–Crippen LogP) is 0.540. The van der Waals surface area contributed by atoms with Gasteiger partial charge in [-0.1, -0.05) is 0 Å². The molecular weight excluding hydrogens is 292 g/mol. The highest BCUT2D eigenvalue weighted by Crippen LogP contribution is 2.49. The van der Waals surface area contributed by atoms with E-state index >= 15 is 0 Å². The second kappa shape index (κ2) is 5.94. The molecule has 1 aliphatic rings. The van der Waals surface area contributed by atoms with Crippen LogP contribution in [0.2, 0.25) is 0 Å². The highest BCUT2D eigenvalue weighted by atomic mass is 16.5. The molecule has 22 heavy (non-hydrogen) atoms. The lowest BCUT2D eigenvalue weighted by atomic mass is 9.71. The second-order valence-corrected chi connectivity index (χ2v) is 5.40. The zero-order chi connectivity index (χ0) is 16.6. The van der Waals surface area contributed by atoms with E-state index in [1.807, 2.05) is 0 Å². The molecule has 0 spiro atoms. The number of fused-ring (bicyclic) bond motifs is 1. The van der Waals surface area contributed by atoms with Crippen molar-refractivity contribution in [2.24, 2.45) is 11.8 Å². The van der Waals surface area contributed by atoms with Crippen molar-refractivity contribution in [2.45, 2.75) is 19.4 Å². The van der Waals surface area contributed by atoms with Crippen LogP contribution in [0.25, 0.3) is 0 Å². The topological polar surface area (TPSA) is 124 Å². The van der Waals surface area contributed by atoms with E-state index in [9.17, 15) is 30.0 Å². The smallest absolute Gasteiger partial charge is 0.172 e. The Kier molecular flexibility index (Phi) is 4.39. The molecule has 0 amide bonds.